The van der Waals surface area contributed by atoms with Crippen LogP contribution in [0.5, 0.6) is 5.75 Å². The van der Waals surface area contributed by atoms with Gasteiger partial charge in [-0.25, -0.2) is 14.5 Å². The fraction of sp³-hybridized carbons (Fsp3) is 0.389. The number of carboxylic acid groups (broad SMARTS) is 1. The van der Waals surface area contributed by atoms with Crippen LogP contribution in [-0.2, 0) is 24.1 Å². The van der Waals surface area contributed by atoms with Crippen molar-refractivity contribution in [2.75, 3.05) is 13.1 Å². The van der Waals surface area contributed by atoms with Gasteiger partial charge in [-0.15, -0.1) is 0 Å². The number of carbonyl (C=O) groups is 2. The summed E-state index contributed by atoms with van der Waals surface area (Å²) >= 11 is 0. The van der Waals surface area contributed by atoms with Gasteiger partial charge in [-0.3, -0.25) is 4.79 Å². The predicted octanol–water partition coefficient (Wildman–Crippen LogP) is 5.91. The lowest BCUT2D eigenvalue weighted by molar-refractivity contribution is -0.140. The van der Waals surface area contributed by atoms with Crippen molar-refractivity contribution in [3.63, 3.8) is 0 Å². The summed E-state index contributed by atoms with van der Waals surface area (Å²) in [7, 11) is 0. The van der Waals surface area contributed by atoms with E-state index >= 15 is 0 Å². The van der Waals surface area contributed by atoms with E-state index in [0.717, 1.165) is 54.7 Å². The van der Waals surface area contributed by atoms with Crippen molar-refractivity contribution >= 4 is 11.9 Å². The quantitative estimate of drug-likeness (QED) is 0.243. The third kappa shape index (κ3) is 5.96. The van der Waals surface area contributed by atoms with Crippen molar-refractivity contribution in [2.45, 2.75) is 77.4 Å². The number of aromatic nitrogens is 3. The van der Waals surface area contributed by atoms with Crippen LogP contribution >= 0.6 is 0 Å². The van der Waals surface area contributed by atoms with Crippen molar-refractivity contribution in [2.24, 2.45) is 0 Å². The Hall–Kier alpha value is -4.50. The zero-order chi connectivity index (χ0) is 31.7. The Morgan fingerprint density at radius 1 is 1.02 bits per heavy atom. The maximum atomic E-state index is 12.2. The molecule has 3 heterocycles. The largest absolute Gasteiger partial charge is 0.486 e. The van der Waals surface area contributed by atoms with Crippen molar-refractivity contribution in [1.82, 2.24) is 19.7 Å². The first-order valence-electron chi connectivity index (χ1n) is 15.9. The third-order valence-corrected chi connectivity index (χ3v) is 9.23. The van der Waals surface area contributed by atoms with Gasteiger partial charge in [0.2, 0.25) is 0 Å². The average Bonchev–Trinajstić information content (AvgIpc) is 3.69. The number of aromatic carboxylic acids is 1. The molecule has 2 unspecified atom stereocenters. The number of amides is 1. The summed E-state index contributed by atoms with van der Waals surface area (Å²) in [6.45, 7) is 6.93. The Labute approximate surface area is 263 Å². The number of pyridine rings is 1. The van der Waals surface area contributed by atoms with Crippen LogP contribution in [0.2, 0.25) is 0 Å². The Morgan fingerprint density at radius 3 is 2.51 bits per heavy atom. The van der Waals surface area contributed by atoms with Crippen LogP contribution in [0.4, 0.5) is 0 Å². The lowest BCUT2D eigenvalue weighted by Crippen LogP contribution is -2.42. The first kappa shape index (κ1) is 30.5. The van der Waals surface area contributed by atoms with Gasteiger partial charge in [-0.1, -0.05) is 44.2 Å². The Kier molecular flexibility index (Phi) is 8.72. The number of hydrogen-bond donors (Lipinski definition) is 2. The molecule has 2 aromatic heterocycles. The van der Waals surface area contributed by atoms with Gasteiger partial charge in [0, 0.05) is 24.2 Å². The highest BCUT2D eigenvalue weighted by Crippen LogP contribution is 2.42. The summed E-state index contributed by atoms with van der Waals surface area (Å²) in [6.07, 6.45) is 5.26. The number of carbonyl (C=O) groups excluding carboxylic acids is 1. The molecule has 2 aliphatic rings. The van der Waals surface area contributed by atoms with E-state index in [9.17, 15) is 19.8 Å². The number of carboxylic acids is 1. The minimum Gasteiger partial charge on any atom is -0.486 e. The zero-order valence-corrected chi connectivity index (χ0v) is 26.1. The molecule has 1 aliphatic heterocycles. The standard InChI is InChI=1S/C36H40N4O5/c1-4-23-20-26(13-14-27(23)24-16-18-39(19-17-24)35(42)22(3)41)45-32-15-12-25-8-6-9-28(34(25)32)30-10-7-11-33(38-30)40-31(5-2)29(21-37-40)36(43)44/h6-11,13-14,20-22,24,32,41H,4-5,12,15-19H2,1-3H3,(H,43,44). The molecule has 0 spiro atoms. The molecule has 2 atom stereocenters. The van der Waals surface area contributed by atoms with Crippen LogP contribution in [0, 0.1) is 0 Å². The number of piperidine rings is 1. The van der Waals surface area contributed by atoms with Gasteiger partial charge in [-0.05, 0) is 92.3 Å². The number of rotatable bonds is 9. The molecule has 2 aromatic carbocycles. The van der Waals surface area contributed by atoms with Crippen molar-refractivity contribution < 1.29 is 24.5 Å². The highest BCUT2D eigenvalue weighted by Gasteiger charge is 2.30. The second kappa shape index (κ2) is 12.9. The van der Waals surface area contributed by atoms with E-state index in [-0.39, 0.29) is 17.6 Å². The fourth-order valence-corrected chi connectivity index (χ4v) is 6.96. The summed E-state index contributed by atoms with van der Waals surface area (Å²) in [5, 5.41) is 23.6. The maximum absolute atomic E-state index is 12.2. The predicted molar refractivity (Wildman–Crippen MR) is 171 cm³/mol. The molecule has 1 fully saturated rings. The molecule has 1 amide bonds. The zero-order valence-electron chi connectivity index (χ0n) is 26.1. The summed E-state index contributed by atoms with van der Waals surface area (Å²) < 4.78 is 8.33. The van der Waals surface area contributed by atoms with Crippen LogP contribution in [0.15, 0.2) is 60.8 Å². The topological polar surface area (TPSA) is 118 Å². The highest BCUT2D eigenvalue weighted by molar-refractivity contribution is 5.88. The van der Waals surface area contributed by atoms with E-state index < -0.39 is 12.1 Å². The first-order valence-corrected chi connectivity index (χ1v) is 15.9. The molecule has 2 N–H and O–H groups in total. The van der Waals surface area contributed by atoms with Crippen molar-refractivity contribution in [3.8, 4) is 22.8 Å². The Bertz CT molecular complexity index is 1720. The summed E-state index contributed by atoms with van der Waals surface area (Å²) in [4.78, 5) is 30.7. The molecular formula is C36H40N4O5. The van der Waals surface area contributed by atoms with Gasteiger partial charge in [0.15, 0.2) is 5.82 Å². The molecule has 6 rings (SSSR count). The monoisotopic (exact) mass is 608 g/mol. The number of benzene rings is 2. The van der Waals surface area contributed by atoms with E-state index in [1.165, 1.54) is 29.8 Å². The van der Waals surface area contributed by atoms with Gasteiger partial charge in [0.1, 0.15) is 23.5 Å². The van der Waals surface area contributed by atoms with Crippen LogP contribution in [0.3, 0.4) is 0 Å². The summed E-state index contributed by atoms with van der Waals surface area (Å²) in [5.41, 5.74) is 7.57. The third-order valence-electron chi connectivity index (χ3n) is 9.23. The number of nitrogens with zero attached hydrogens (tertiary/aromatic N) is 4. The number of aliphatic hydroxyl groups is 1. The minimum absolute atomic E-state index is 0.124. The first-order chi connectivity index (χ1) is 21.8. The molecule has 0 radical (unpaired) electrons. The molecule has 9 nitrogen and oxygen atoms in total. The number of hydrogen-bond acceptors (Lipinski definition) is 6. The molecule has 1 saturated heterocycles. The second-order valence-electron chi connectivity index (χ2n) is 12.0. The number of fused-ring (bicyclic) bond motifs is 1. The van der Waals surface area contributed by atoms with Crippen LogP contribution in [0.1, 0.15) is 90.4 Å². The Morgan fingerprint density at radius 2 is 1.80 bits per heavy atom. The van der Waals surface area contributed by atoms with Crippen LogP contribution in [0.25, 0.3) is 17.1 Å². The lowest BCUT2D eigenvalue weighted by Gasteiger charge is -2.33. The van der Waals surface area contributed by atoms with E-state index in [1.807, 2.05) is 25.1 Å². The second-order valence-corrected chi connectivity index (χ2v) is 12.0. The van der Waals surface area contributed by atoms with Crippen LogP contribution in [-0.4, -0.2) is 60.9 Å². The number of likely N-dealkylation sites (tertiary alicyclic amines) is 1. The normalized spacial score (nSPS) is 17.2. The molecule has 234 valence electrons. The van der Waals surface area contributed by atoms with E-state index in [1.54, 1.807) is 9.58 Å². The summed E-state index contributed by atoms with van der Waals surface area (Å²) in [5.74, 6) is 0.611. The molecule has 1 aliphatic carbocycles. The smallest absolute Gasteiger partial charge is 0.339 e. The molecule has 45 heavy (non-hydrogen) atoms. The molecule has 0 bridgehead atoms. The highest BCUT2D eigenvalue weighted by atomic mass is 16.5. The van der Waals surface area contributed by atoms with E-state index in [0.29, 0.717) is 36.9 Å². The van der Waals surface area contributed by atoms with Crippen molar-refractivity contribution in [3.05, 3.63) is 94.3 Å². The Balaban J connectivity index is 1.24. The number of aliphatic hydroxyl groups excluding tert-OH is 1. The van der Waals surface area contributed by atoms with Crippen molar-refractivity contribution in [1.29, 1.82) is 0 Å². The molecular weight excluding hydrogens is 568 g/mol. The van der Waals surface area contributed by atoms with Gasteiger partial charge < -0.3 is 19.8 Å². The SMILES string of the molecule is CCc1cc(OC2CCc3cccc(-c4cccc(-n5ncc(C(=O)O)c5CC)n4)c32)ccc1C1CCN(C(=O)C(C)O)CC1. The maximum Gasteiger partial charge on any atom is 0.339 e. The molecule has 9 heteroatoms. The van der Waals surface area contributed by atoms with E-state index in [4.69, 9.17) is 9.72 Å². The van der Waals surface area contributed by atoms with E-state index in [2.05, 4.69) is 48.4 Å². The van der Waals surface area contributed by atoms with Gasteiger partial charge in [0.05, 0.1) is 17.6 Å². The number of aryl methyl sites for hydroxylation is 2. The minimum atomic E-state index is -0.996. The van der Waals surface area contributed by atoms with Gasteiger partial charge >= 0.3 is 5.97 Å². The van der Waals surface area contributed by atoms with Crippen LogP contribution < -0.4 is 4.74 Å². The number of ether oxygens (including phenoxy) is 1. The fourth-order valence-electron chi connectivity index (χ4n) is 6.96. The molecule has 0 saturated carbocycles. The average molecular weight is 609 g/mol. The molecule has 4 aromatic rings. The van der Waals surface area contributed by atoms with Gasteiger partial charge in [0.25, 0.3) is 5.91 Å². The summed E-state index contributed by atoms with van der Waals surface area (Å²) in [6, 6.07) is 18.5. The lowest BCUT2D eigenvalue weighted by atomic mass is 9.85. The van der Waals surface area contributed by atoms with Gasteiger partial charge in [-0.2, -0.15) is 5.10 Å².